The van der Waals surface area contributed by atoms with Gasteiger partial charge in [0, 0.05) is 51.8 Å². The van der Waals surface area contributed by atoms with Crippen LogP contribution in [0, 0.1) is 0 Å². The number of anilines is 1. The molecule has 0 unspecified atom stereocenters. The number of amides is 1. The molecule has 0 aromatic heterocycles. The second-order valence-corrected chi connectivity index (χ2v) is 10.3. The number of fused-ring (bicyclic) bond motifs is 1. The number of benzene rings is 2. The van der Waals surface area contributed by atoms with E-state index >= 15 is 0 Å². The summed E-state index contributed by atoms with van der Waals surface area (Å²) in [6, 6.07) is 15.5. The maximum atomic E-state index is 12.7. The molecular formula is C24H31N3O5S. The van der Waals surface area contributed by atoms with Crippen LogP contribution in [-0.2, 0) is 21.4 Å². The maximum absolute atomic E-state index is 12.7. The molecule has 2 heterocycles. The number of piperazine rings is 1. The van der Waals surface area contributed by atoms with E-state index in [0.29, 0.717) is 56.3 Å². The summed E-state index contributed by atoms with van der Waals surface area (Å²) in [5, 5.41) is 0. The number of rotatable bonds is 8. The summed E-state index contributed by atoms with van der Waals surface area (Å²) in [4.78, 5) is 17.0. The lowest BCUT2D eigenvalue weighted by Gasteiger charge is -2.35. The number of carbonyl (C=O) groups is 1. The Morgan fingerprint density at radius 2 is 1.67 bits per heavy atom. The Balaban J connectivity index is 1.28. The van der Waals surface area contributed by atoms with Crippen LogP contribution in [0.2, 0.25) is 0 Å². The molecule has 178 valence electrons. The van der Waals surface area contributed by atoms with Gasteiger partial charge in [-0.1, -0.05) is 30.3 Å². The molecule has 0 saturated carbocycles. The zero-order valence-electron chi connectivity index (χ0n) is 19.0. The van der Waals surface area contributed by atoms with Crippen molar-refractivity contribution < 1.29 is 22.7 Å². The highest BCUT2D eigenvalue weighted by Gasteiger charge is 2.23. The van der Waals surface area contributed by atoms with E-state index < -0.39 is 10.0 Å². The smallest absolute Gasteiger partial charge is 0.232 e. The molecule has 33 heavy (non-hydrogen) atoms. The maximum Gasteiger partial charge on any atom is 0.232 e. The van der Waals surface area contributed by atoms with E-state index in [1.165, 1.54) is 16.1 Å². The molecule has 2 aliphatic rings. The van der Waals surface area contributed by atoms with Crippen LogP contribution in [-0.4, -0.2) is 76.3 Å². The zero-order chi connectivity index (χ0) is 23.3. The zero-order valence-corrected chi connectivity index (χ0v) is 19.8. The number of carbonyl (C=O) groups excluding carboxylic acids is 1. The van der Waals surface area contributed by atoms with E-state index in [1.807, 2.05) is 23.1 Å². The highest BCUT2D eigenvalue weighted by molar-refractivity contribution is 7.92. The molecule has 9 heteroatoms. The standard InChI is InChI=1S/C24H31N3O5S/c1-33(29,30)27(21-9-10-22-23(18-21)32-17-16-31-22)11-5-8-24(28)26-14-12-25(13-15-26)19-20-6-3-2-4-7-20/h2-4,6-7,9-10,18H,5,8,11-17,19H2,1H3. The molecular weight excluding hydrogens is 442 g/mol. The Bertz CT molecular complexity index is 1050. The molecule has 1 fully saturated rings. The molecule has 0 N–H and O–H groups in total. The highest BCUT2D eigenvalue weighted by atomic mass is 32.2. The van der Waals surface area contributed by atoms with Gasteiger partial charge in [0.15, 0.2) is 11.5 Å². The third-order valence-electron chi connectivity index (χ3n) is 5.94. The number of hydrogen-bond donors (Lipinski definition) is 0. The summed E-state index contributed by atoms with van der Waals surface area (Å²) in [7, 11) is -3.50. The van der Waals surface area contributed by atoms with Crippen LogP contribution in [0.25, 0.3) is 0 Å². The topological polar surface area (TPSA) is 79.4 Å². The summed E-state index contributed by atoms with van der Waals surface area (Å²) in [6.45, 7) is 5.11. The number of nitrogens with zero attached hydrogens (tertiary/aromatic N) is 3. The van der Waals surface area contributed by atoms with Crippen molar-refractivity contribution >= 4 is 21.6 Å². The van der Waals surface area contributed by atoms with E-state index in [0.717, 1.165) is 19.6 Å². The van der Waals surface area contributed by atoms with Gasteiger partial charge in [-0.25, -0.2) is 8.42 Å². The molecule has 0 atom stereocenters. The molecule has 2 aromatic rings. The van der Waals surface area contributed by atoms with Crippen molar-refractivity contribution in [1.82, 2.24) is 9.80 Å². The first-order valence-corrected chi connectivity index (χ1v) is 13.2. The van der Waals surface area contributed by atoms with Crippen molar-refractivity contribution in [3.05, 3.63) is 54.1 Å². The minimum absolute atomic E-state index is 0.0741. The molecule has 1 amide bonds. The van der Waals surface area contributed by atoms with Crippen LogP contribution in [0.5, 0.6) is 11.5 Å². The second kappa shape index (κ2) is 10.4. The lowest BCUT2D eigenvalue weighted by molar-refractivity contribution is -0.133. The van der Waals surface area contributed by atoms with Gasteiger partial charge in [0.2, 0.25) is 15.9 Å². The predicted molar refractivity (Wildman–Crippen MR) is 127 cm³/mol. The molecule has 2 aromatic carbocycles. The lowest BCUT2D eigenvalue weighted by atomic mass is 10.2. The van der Waals surface area contributed by atoms with Gasteiger partial charge in [-0.2, -0.15) is 0 Å². The third kappa shape index (κ3) is 6.17. The predicted octanol–water partition coefficient (Wildman–Crippen LogP) is 2.35. The quantitative estimate of drug-likeness (QED) is 0.586. The van der Waals surface area contributed by atoms with Crippen LogP contribution >= 0.6 is 0 Å². The van der Waals surface area contributed by atoms with Gasteiger partial charge in [-0.15, -0.1) is 0 Å². The average Bonchev–Trinajstić information content (AvgIpc) is 2.82. The van der Waals surface area contributed by atoms with Crippen LogP contribution in [0.1, 0.15) is 18.4 Å². The van der Waals surface area contributed by atoms with Crippen molar-refractivity contribution in [2.45, 2.75) is 19.4 Å². The van der Waals surface area contributed by atoms with Crippen LogP contribution in [0.15, 0.2) is 48.5 Å². The van der Waals surface area contributed by atoms with Gasteiger partial charge in [0.25, 0.3) is 0 Å². The second-order valence-electron chi connectivity index (χ2n) is 8.41. The summed E-state index contributed by atoms with van der Waals surface area (Å²) in [6.07, 6.45) is 1.94. The van der Waals surface area contributed by atoms with Gasteiger partial charge < -0.3 is 14.4 Å². The van der Waals surface area contributed by atoms with Gasteiger partial charge in [-0.3, -0.25) is 14.0 Å². The van der Waals surface area contributed by atoms with E-state index in [-0.39, 0.29) is 12.5 Å². The SMILES string of the molecule is CS(=O)(=O)N(CCCC(=O)N1CCN(Cc2ccccc2)CC1)c1ccc2c(c1)OCCO2. The Hall–Kier alpha value is -2.78. The Kier molecular flexibility index (Phi) is 7.39. The fourth-order valence-corrected chi connectivity index (χ4v) is 5.16. The highest BCUT2D eigenvalue weighted by Crippen LogP contribution is 2.34. The lowest BCUT2D eigenvalue weighted by Crippen LogP contribution is -2.48. The van der Waals surface area contributed by atoms with Crippen molar-refractivity contribution in [2.75, 3.05) is 56.5 Å². The van der Waals surface area contributed by atoms with E-state index in [1.54, 1.807) is 18.2 Å². The summed E-state index contributed by atoms with van der Waals surface area (Å²) in [5.41, 5.74) is 1.79. The largest absolute Gasteiger partial charge is 0.486 e. The summed E-state index contributed by atoms with van der Waals surface area (Å²) < 4.78 is 37.3. The minimum Gasteiger partial charge on any atom is -0.486 e. The molecule has 1 saturated heterocycles. The molecule has 2 aliphatic heterocycles. The van der Waals surface area contributed by atoms with Gasteiger partial charge in [0.1, 0.15) is 13.2 Å². The first-order chi connectivity index (χ1) is 15.9. The number of ether oxygens (including phenoxy) is 2. The van der Waals surface area contributed by atoms with Crippen molar-refractivity contribution in [1.29, 1.82) is 0 Å². The molecule has 0 spiro atoms. The monoisotopic (exact) mass is 473 g/mol. The van der Waals surface area contributed by atoms with E-state index in [9.17, 15) is 13.2 Å². The Labute approximate surface area is 195 Å². The van der Waals surface area contributed by atoms with Crippen LogP contribution in [0.3, 0.4) is 0 Å². The Morgan fingerprint density at radius 1 is 0.970 bits per heavy atom. The van der Waals surface area contributed by atoms with Gasteiger partial charge >= 0.3 is 0 Å². The van der Waals surface area contributed by atoms with Crippen LogP contribution < -0.4 is 13.8 Å². The van der Waals surface area contributed by atoms with Crippen LogP contribution in [0.4, 0.5) is 5.69 Å². The van der Waals surface area contributed by atoms with E-state index in [4.69, 9.17) is 9.47 Å². The molecule has 4 rings (SSSR count). The molecule has 8 nitrogen and oxygen atoms in total. The number of hydrogen-bond acceptors (Lipinski definition) is 6. The molecule has 0 bridgehead atoms. The van der Waals surface area contributed by atoms with Crippen molar-refractivity contribution in [3.63, 3.8) is 0 Å². The van der Waals surface area contributed by atoms with Gasteiger partial charge in [0.05, 0.1) is 11.9 Å². The van der Waals surface area contributed by atoms with E-state index in [2.05, 4.69) is 17.0 Å². The van der Waals surface area contributed by atoms with Crippen molar-refractivity contribution in [3.8, 4) is 11.5 Å². The average molecular weight is 474 g/mol. The number of sulfonamides is 1. The molecule has 0 aliphatic carbocycles. The van der Waals surface area contributed by atoms with Gasteiger partial charge in [-0.05, 0) is 24.1 Å². The minimum atomic E-state index is -3.50. The first kappa shape index (κ1) is 23.4. The molecule has 0 radical (unpaired) electrons. The fourth-order valence-electron chi connectivity index (χ4n) is 4.20. The third-order valence-corrected chi connectivity index (χ3v) is 7.13. The summed E-state index contributed by atoms with van der Waals surface area (Å²) in [5.74, 6) is 1.22. The fraction of sp³-hybridized carbons (Fsp3) is 0.458. The Morgan fingerprint density at radius 3 is 2.36 bits per heavy atom. The summed E-state index contributed by atoms with van der Waals surface area (Å²) >= 11 is 0. The first-order valence-electron chi connectivity index (χ1n) is 11.3. The van der Waals surface area contributed by atoms with Crippen molar-refractivity contribution in [2.24, 2.45) is 0 Å². The normalized spacial score (nSPS) is 16.5.